The first-order valence-corrected chi connectivity index (χ1v) is 6.98. The van der Waals surface area contributed by atoms with E-state index in [9.17, 15) is 4.79 Å². The van der Waals surface area contributed by atoms with Crippen molar-refractivity contribution < 1.29 is 4.79 Å². The standard InChI is InChI=1S/C15H26N2O/c1-6-16(7-2)14-9-10-15(12(4)11-14)17(8-3)13(5)18/h11H,6-10H2,1-5H3. The molecule has 0 spiro atoms. The SMILES string of the molecule is CCN(CC)C1=CC(C)=C(N(CC)C(C)=O)CC1. The largest absolute Gasteiger partial charge is 0.375 e. The summed E-state index contributed by atoms with van der Waals surface area (Å²) in [7, 11) is 0. The zero-order chi connectivity index (χ0) is 13.7. The van der Waals surface area contributed by atoms with Crippen LogP contribution in [-0.2, 0) is 4.79 Å². The van der Waals surface area contributed by atoms with E-state index >= 15 is 0 Å². The van der Waals surface area contributed by atoms with E-state index < -0.39 is 0 Å². The Morgan fingerprint density at radius 3 is 2.17 bits per heavy atom. The average molecular weight is 250 g/mol. The van der Waals surface area contributed by atoms with Crippen molar-refractivity contribution in [2.45, 2.75) is 47.5 Å². The van der Waals surface area contributed by atoms with Crippen molar-refractivity contribution in [3.05, 3.63) is 23.0 Å². The van der Waals surface area contributed by atoms with Gasteiger partial charge >= 0.3 is 0 Å². The van der Waals surface area contributed by atoms with E-state index in [1.165, 1.54) is 17.0 Å². The zero-order valence-corrected chi connectivity index (χ0v) is 12.4. The van der Waals surface area contributed by atoms with E-state index in [4.69, 9.17) is 0 Å². The third kappa shape index (κ3) is 3.15. The summed E-state index contributed by atoms with van der Waals surface area (Å²) in [6.45, 7) is 13.0. The van der Waals surface area contributed by atoms with Crippen LogP contribution in [0.15, 0.2) is 23.0 Å². The van der Waals surface area contributed by atoms with Crippen LogP contribution in [0.4, 0.5) is 0 Å². The number of nitrogens with zero attached hydrogens (tertiary/aromatic N) is 2. The Balaban J connectivity index is 2.97. The third-order valence-electron chi connectivity index (χ3n) is 3.65. The summed E-state index contributed by atoms with van der Waals surface area (Å²) in [5.74, 6) is 0.145. The van der Waals surface area contributed by atoms with Gasteiger partial charge in [-0.3, -0.25) is 4.79 Å². The highest BCUT2D eigenvalue weighted by molar-refractivity contribution is 5.75. The molecule has 0 aromatic carbocycles. The van der Waals surface area contributed by atoms with Crippen LogP contribution >= 0.6 is 0 Å². The minimum absolute atomic E-state index is 0.145. The van der Waals surface area contributed by atoms with Gasteiger partial charge in [-0.1, -0.05) is 0 Å². The molecule has 0 saturated heterocycles. The predicted molar refractivity (Wildman–Crippen MR) is 76.0 cm³/mol. The van der Waals surface area contributed by atoms with Gasteiger partial charge in [0.25, 0.3) is 0 Å². The Kier molecular flexibility index (Phi) is 5.45. The Morgan fingerprint density at radius 1 is 1.17 bits per heavy atom. The highest BCUT2D eigenvalue weighted by atomic mass is 16.2. The number of rotatable bonds is 5. The first-order chi connectivity index (χ1) is 8.54. The summed E-state index contributed by atoms with van der Waals surface area (Å²) >= 11 is 0. The first-order valence-electron chi connectivity index (χ1n) is 6.98. The molecule has 3 heteroatoms. The number of hydrogen-bond donors (Lipinski definition) is 0. The van der Waals surface area contributed by atoms with Crippen LogP contribution in [-0.4, -0.2) is 35.3 Å². The lowest BCUT2D eigenvalue weighted by Crippen LogP contribution is -2.31. The van der Waals surface area contributed by atoms with Crippen molar-refractivity contribution in [1.29, 1.82) is 0 Å². The summed E-state index contributed by atoms with van der Waals surface area (Å²) in [5.41, 5.74) is 3.84. The molecule has 102 valence electrons. The Labute approximate surface area is 111 Å². The van der Waals surface area contributed by atoms with Crippen molar-refractivity contribution in [3.8, 4) is 0 Å². The molecule has 1 aliphatic rings. The predicted octanol–water partition coefficient (Wildman–Crippen LogP) is 3.15. The first kappa shape index (κ1) is 14.8. The third-order valence-corrected chi connectivity index (χ3v) is 3.65. The summed E-state index contributed by atoms with van der Waals surface area (Å²) in [6, 6.07) is 0. The molecule has 0 N–H and O–H groups in total. The molecule has 0 atom stereocenters. The lowest BCUT2D eigenvalue weighted by atomic mass is 9.99. The molecule has 1 rings (SSSR count). The van der Waals surface area contributed by atoms with Crippen molar-refractivity contribution in [1.82, 2.24) is 9.80 Å². The van der Waals surface area contributed by atoms with E-state index in [1.807, 2.05) is 11.8 Å². The molecule has 0 heterocycles. The fraction of sp³-hybridized carbons (Fsp3) is 0.667. The van der Waals surface area contributed by atoms with Gasteiger partial charge in [-0.2, -0.15) is 0 Å². The molecule has 0 saturated carbocycles. The monoisotopic (exact) mass is 250 g/mol. The van der Waals surface area contributed by atoms with Gasteiger partial charge in [0, 0.05) is 38.0 Å². The van der Waals surface area contributed by atoms with Crippen molar-refractivity contribution >= 4 is 5.91 Å². The molecule has 1 aliphatic carbocycles. The number of hydrogen-bond acceptors (Lipinski definition) is 2. The molecule has 0 bridgehead atoms. The molecule has 0 aromatic rings. The number of allylic oxidation sites excluding steroid dienone is 4. The lowest BCUT2D eigenvalue weighted by Gasteiger charge is -2.32. The summed E-state index contributed by atoms with van der Waals surface area (Å²) in [4.78, 5) is 15.9. The molecule has 0 aliphatic heterocycles. The molecule has 0 radical (unpaired) electrons. The van der Waals surface area contributed by atoms with E-state index in [-0.39, 0.29) is 5.91 Å². The van der Waals surface area contributed by atoms with Crippen LogP contribution < -0.4 is 0 Å². The van der Waals surface area contributed by atoms with Gasteiger partial charge in [-0.15, -0.1) is 0 Å². The molecular weight excluding hydrogens is 224 g/mol. The number of carbonyl (C=O) groups excluding carboxylic acids is 1. The van der Waals surface area contributed by atoms with Gasteiger partial charge in [-0.25, -0.2) is 0 Å². The molecule has 3 nitrogen and oxygen atoms in total. The fourth-order valence-electron chi connectivity index (χ4n) is 2.68. The lowest BCUT2D eigenvalue weighted by molar-refractivity contribution is -0.126. The second-order valence-corrected chi connectivity index (χ2v) is 4.70. The zero-order valence-electron chi connectivity index (χ0n) is 12.4. The van der Waals surface area contributed by atoms with Crippen LogP contribution in [0.2, 0.25) is 0 Å². The highest BCUT2D eigenvalue weighted by Crippen LogP contribution is 2.28. The molecule has 0 aromatic heterocycles. The van der Waals surface area contributed by atoms with Crippen LogP contribution in [0.1, 0.15) is 47.5 Å². The van der Waals surface area contributed by atoms with Gasteiger partial charge in [-0.05, 0) is 52.2 Å². The minimum Gasteiger partial charge on any atom is -0.375 e. The van der Waals surface area contributed by atoms with E-state index in [1.54, 1.807) is 6.92 Å². The van der Waals surface area contributed by atoms with Gasteiger partial charge < -0.3 is 9.80 Å². The maximum Gasteiger partial charge on any atom is 0.223 e. The van der Waals surface area contributed by atoms with E-state index in [0.717, 1.165) is 32.5 Å². The second-order valence-electron chi connectivity index (χ2n) is 4.70. The van der Waals surface area contributed by atoms with E-state index in [2.05, 4.69) is 31.7 Å². The fourth-order valence-corrected chi connectivity index (χ4v) is 2.68. The normalized spacial score (nSPS) is 15.5. The quantitative estimate of drug-likeness (QED) is 0.748. The molecule has 0 unspecified atom stereocenters. The van der Waals surface area contributed by atoms with Crippen molar-refractivity contribution in [2.24, 2.45) is 0 Å². The smallest absolute Gasteiger partial charge is 0.223 e. The second kappa shape index (κ2) is 6.62. The summed E-state index contributed by atoms with van der Waals surface area (Å²) in [6.07, 6.45) is 4.26. The average Bonchev–Trinajstić information content (AvgIpc) is 2.33. The highest BCUT2D eigenvalue weighted by Gasteiger charge is 2.19. The topological polar surface area (TPSA) is 23.6 Å². The van der Waals surface area contributed by atoms with Gasteiger partial charge in [0.05, 0.1) is 0 Å². The van der Waals surface area contributed by atoms with Crippen molar-refractivity contribution in [2.75, 3.05) is 19.6 Å². The van der Waals surface area contributed by atoms with Crippen LogP contribution in [0.25, 0.3) is 0 Å². The van der Waals surface area contributed by atoms with E-state index in [0.29, 0.717) is 0 Å². The summed E-state index contributed by atoms with van der Waals surface area (Å²) < 4.78 is 0. The van der Waals surface area contributed by atoms with Crippen LogP contribution in [0.5, 0.6) is 0 Å². The molecule has 0 fully saturated rings. The molecular formula is C15H26N2O. The van der Waals surface area contributed by atoms with Gasteiger partial charge in [0.2, 0.25) is 5.91 Å². The van der Waals surface area contributed by atoms with Crippen LogP contribution in [0.3, 0.4) is 0 Å². The van der Waals surface area contributed by atoms with Crippen molar-refractivity contribution in [3.63, 3.8) is 0 Å². The van der Waals surface area contributed by atoms with Gasteiger partial charge in [0.1, 0.15) is 0 Å². The van der Waals surface area contributed by atoms with Gasteiger partial charge in [0.15, 0.2) is 0 Å². The maximum absolute atomic E-state index is 11.6. The number of amides is 1. The van der Waals surface area contributed by atoms with Crippen LogP contribution in [0, 0.1) is 0 Å². The number of carbonyl (C=O) groups is 1. The molecule has 18 heavy (non-hydrogen) atoms. The Morgan fingerprint density at radius 2 is 1.78 bits per heavy atom. The maximum atomic E-state index is 11.6. The Hall–Kier alpha value is -1.25. The molecule has 1 amide bonds. The summed E-state index contributed by atoms with van der Waals surface area (Å²) in [5, 5.41) is 0. The Bertz CT molecular complexity index is 365. The minimum atomic E-state index is 0.145.